The monoisotopic (exact) mass is 433 g/mol. The summed E-state index contributed by atoms with van der Waals surface area (Å²) in [6, 6.07) is 10.7. The van der Waals surface area contributed by atoms with E-state index in [2.05, 4.69) is 56.5 Å². The minimum atomic E-state index is -0.107. The van der Waals surface area contributed by atoms with Crippen molar-refractivity contribution in [1.29, 1.82) is 0 Å². The van der Waals surface area contributed by atoms with Gasteiger partial charge >= 0.3 is 0 Å². The lowest BCUT2D eigenvalue weighted by atomic mass is 9.47. The summed E-state index contributed by atoms with van der Waals surface area (Å²) in [6.07, 6.45) is 14.3. The van der Waals surface area contributed by atoms with Gasteiger partial charge in [0.25, 0.3) is 0 Å². The maximum Gasteiger partial charge on any atom is 0.0967 e. The van der Waals surface area contributed by atoms with E-state index in [1.54, 1.807) is 5.57 Å². The Kier molecular flexibility index (Phi) is 4.74. The number of aliphatic hydroxyl groups is 1. The molecular weight excluding hydrogens is 398 g/mol. The number of rotatable bonds is 2. The SMILES string of the molecule is C[C@]12CC[C@H](O)CC1=CC[C@@H]1C2CC[C@@]2(C)C1CC[C@@H]2c1ncc(-c2ccccc2)s1. The molecule has 3 saturated carbocycles. The molecule has 1 aromatic carbocycles. The molecule has 1 N–H and O–H groups in total. The van der Waals surface area contributed by atoms with Crippen LogP contribution >= 0.6 is 11.3 Å². The summed E-state index contributed by atoms with van der Waals surface area (Å²) in [5.74, 6) is 3.07. The van der Waals surface area contributed by atoms with Crippen molar-refractivity contribution < 1.29 is 5.11 Å². The molecule has 2 unspecified atom stereocenters. The van der Waals surface area contributed by atoms with Crippen molar-refractivity contribution in [2.45, 2.75) is 77.2 Å². The number of fused-ring (bicyclic) bond motifs is 5. The van der Waals surface area contributed by atoms with Gasteiger partial charge in [0.1, 0.15) is 0 Å². The number of allylic oxidation sites excluding steroid dienone is 1. The van der Waals surface area contributed by atoms with Crippen LogP contribution in [0.25, 0.3) is 10.4 Å². The highest BCUT2D eigenvalue weighted by Crippen LogP contribution is 2.68. The van der Waals surface area contributed by atoms with Crippen LogP contribution in [0.2, 0.25) is 0 Å². The van der Waals surface area contributed by atoms with Gasteiger partial charge in [0.2, 0.25) is 0 Å². The number of benzene rings is 1. The van der Waals surface area contributed by atoms with Crippen molar-refractivity contribution >= 4 is 11.3 Å². The van der Waals surface area contributed by atoms with Gasteiger partial charge in [-0.05, 0) is 85.5 Å². The Labute approximate surface area is 190 Å². The minimum Gasteiger partial charge on any atom is -0.393 e. The Balaban J connectivity index is 1.29. The van der Waals surface area contributed by atoms with Gasteiger partial charge in [-0.1, -0.05) is 55.8 Å². The Hall–Kier alpha value is -1.45. The van der Waals surface area contributed by atoms with Crippen LogP contribution in [-0.2, 0) is 0 Å². The van der Waals surface area contributed by atoms with Gasteiger partial charge in [-0.2, -0.15) is 0 Å². The molecule has 0 bridgehead atoms. The van der Waals surface area contributed by atoms with Crippen molar-refractivity contribution in [3.63, 3.8) is 0 Å². The number of aliphatic hydroxyl groups excluding tert-OH is 1. The fraction of sp³-hybridized carbons (Fsp3) is 0.607. The van der Waals surface area contributed by atoms with Gasteiger partial charge in [0.05, 0.1) is 16.0 Å². The third kappa shape index (κ3) is 3.03. The third-order valence-electron chi connectivity index (χ3n) is 9.96. The molecule has 0 aliphatic heterocycles. The molecular formula is C28H35NOS. The van der Waals surface area contributed by atoms with Crippen molar-refractivity contribution in [2.24, 2.45) is 28.6 Å². The average molecular weight is 434 g/mol. The van der Waals surface area contributed by atoms with E-state index >= 15 is 0 Å². The van der Waals surface area contributed by atoms with Crippen LogP contribution in [0.3, 0.4) is 0 Å². The highest BCUT2D eigenvalue weighted by atomic mass is 32.1. The topological polar surface area (TPSA) is 33.1 Å². The van der Waals surface area contributed by atoms with Gasteiger partial charge in [-0.3, -0.25) is 0 Å². The van der Waals surface area contributed by atoms with E-state index in [0.717, 1.165) is 30.6 Å². The maximum atomic E-state index is 10.2. The zero-order valence-electron chi connectivity index (χ0n) is 18.9. The highest BCUT2D eigenvalue weighted by Gasteiger charge is 2.59. The molecule has 6 rings (SSSR count). The van der Waals surface area contributed by atoms with E-state index in [9.17, 15) is 5.11 Å². The number of thiazole rings is 1. The Morgan fingerprint density at radius 2 is 1.84 bits per heavy atom. The van der Waals surface area contributed by atoms with Gasteiger partial charge in [0, 0.05) is 12.1 Å². The van der Waals surface area contributed by atoms with Crippen LogP contribution in [0.4, 0.5) is 0 Å². The van der Waals surface area contributed by atoms with Crippen molar-refractivity contribution in [2.75, 3.05) is 0 Å². The highest BCUT2D eigenvalue weighted by molar-refractivity contribution is 7.15. The summed E-state index contributed by atoms with van der Waals surface area (Å²) in [5, 5.41) is 11.6. The molecule has 31 heavy (non-hydrogen) atoms. The number of nitrogens with zero attached hydrogens (tertiary/aromatic N) is 1. The molecule has 7 atom stereocenters. The van der Waals surface area contributed by atoms with Crippen molar-refractivity contribution in [1.82, 2.24) is 4.98 Å². The molecule has 4 aliphatic carbocycles. The van der Waals surface area contributed by atoms with E-state index < -0.39 is 0 Å². The molecule has 2 nitrogen and oxygen atoms in total. The molecule has 0 amide bonds. The zero-order valence-corrected chi connectivity index (χ0v) is 19.7. The van der Waals surface area contributed by atoms with E-state index in [1.807, 2.05) is 11.3 Å². The first-order valence-electron chi connectivity index (χ1n) is 12.4. The van der Waals surface area contributed by atoms with E-state index in [4.69, 9.17) is 4.98 Å². The van der Waals surface area contributed by atoms with E-state index in [0.29, 0.717) is 16.7 Å². The quantitative estimate of drug-likeness (QED) is 0.507. The lowest BCUT2D eigenvalue weighted by Crippen LogP contribution is -2.50. The van der Waals surface area contributed by atoms with Gasteiger partial charge in [-0.25, -0.2) is 4.98 Å². The lowest BCUT2D eigenvalue weighted by Gasteiger charge is -2.58. The van der Waals surface area contributed by atoms with Gasteiger partial charge in [0.15, 0.2) is 0 Å². The summed E-state index contributed by atoms with van der Waals surface area (Å²) >= 11 is 1.93. The van der Waals surface area contributed by atoms with Crippen LogP contribution in [0.1, 0.15) is 76.1 Å². The second kappa shape index (κ2) is 7.28. The zero-order chi connectivity index (χ0) is 21.2. The molecule has 1 heterocycles. The summed E-state index contributed by atoms with van der Waals surface area (Å²) in [6.45, 7) is 5.13. The standard InChI is InChI=1S/C28H35NOS/c1-27-14-12-20(30)16-19(27)8-9-21-22-10-11-24(28(22,2)15-13-23(21)27)26-29-17-25(31-26)18-6-4-3-5-7-18/h3-8,17,20-24,30H,9-16H2,1-2H3/t20-,21-,22?,23?,24+,27-,28-/m0/s1. The number of hydrogen-bond donors (Lipinski definition) is 1. The summed E-state index contributed by atoms with van der Waals surface area (Å²) in [5.41, 5.74) is 3.61. The molecule has 164 valence electrons. The Morgan fingerprint density at radius 3 is 2.68 bits per heavy atom. The van der Waals surface area contributed by atoms with Crippen LogP contribution in [0.5, 0.6) is 0 Å². The minimum absolute atomic E-state index is 0.107. The predicted octanol–water partition coefficient (Wildman–Crippen LogP) is 7.22. The molecule has 3 fully saturated rings. The fourth-order valence-electron chi connectivity index (χ4n) is 8.23. The van der Waals surface area contributed by atoms with Crippen LogP contribution in [-0.4, -0.2) is 16.2 Å². The largest absolute Gasteiger partial charge is 0.393 e. The van der Waals surface area contributed by atoms with E-state index in [-0.39, 0.29) is 6.10 Å². The summed E-state index contributed by atoms with van der Waals surface area (Å²) in [4.78, 5) is 6.30. The van der Waals surface area contributed by atoms with Crippen LogP contribution in [0.15, 0.2) is 48.2 Å². The summed E-state index contributed by atoms with van der Waals surface area (Å²) in [7, 11) is 0. The van der Waals surface area contributed by atoms with Crippen LogP contribution in [0, 0.1) is 28.6 Å². The second-order valence-electron chi connectivity index (χ2n) is 11.3. The Morgan fingerprint density at radius 1 is 1.00 bits per heavy atom. The van der Waals surface area contributed by atoms with Gasteiger partial charge < -0.3 is 5.11 Å². The molecule has 0 saturated heterocycles. The first-order chi connectivity index (χ1) is 15.0. The normalized spacial score (nSPS) is 41.8. The maximum absolute atomic E-state index is 10.2. The first kappa shape index (κ1) is 20.2. The molecule has 2 aromatic rings. The molecule has 1 aromatic heterocycles. The number of hydrogen-bond acceptors (Lipinski definition) is 3. The summed E-state index contributed by atoms with van der Waals surface area (Å²) < 4.78 is 0. The van der Waals surface area contributed by atoms with Gasteiger partial charge in [-0.15, -0.1) is 11.3 Å². The lowest BCUT2D eigenvalue weighted by molar-refractivity contribution is -0.0409. The molecule has 4 aliphatic rings. The second-order valence-corrected chi connectivity index (χ2v) is 12.3. The fourth-order valence-corrected chi connectivity index (χ4v) is 9.45. The first-order valence-corrected chi connectivity index (χ1v) is 13.2. The van der Waals surface area contributed by atoms with Crippen molar-refractivity contribution in [3.8, 4) is 10.4 Å². The average Bonchev–Trinajstić information content (AvgIpc) is 3.39. The Bertz CT molecular complexity index is 995. The van der Waals surface area contributed by atoms with Crippen LogP contribution < -0.4 is 0 Å². The number of aromatic nitrogens is 1. The smallest absolute Gasteiger partial charge is 0.0967 e. The van der Waals surface area contributed by atoms with E-state index in [1.165, 1.54) is 54.0 Å². The molecule has 0 radical (unpaired) electrons. The molecule has 3 heteroatoms. The van der Waals surface area contributed by atoms with Crippen molar-refractivity contribution in [3.05, 3.63) is 53.2 Å². The third-order valence-corrected chi connectivity index (χ3v) is 11.1. The molecule has 0 spiro atoms. The predicted molar refractivity (Wildman–Crippen MR) is 128 cm³/mol.